The molecule has 7 nitrogen and oxygen atoms in total. The number of allylic oxidation sites excluding steroid dienone is 1. The van der Waals surface area contributed by atoms with Crippen LogP contribution >= 0.6 is 0 Å². The normalized spacial score (nSPS) is 47.2. The molecule has 10 atom stereocenters. The molecule has 0 bridgehead atoms. The van der Waals surface area contributed by atoms with Crippen molar-refractivity contribution in [3.8, 4) is 0 Å². The zero-order valence-electron chi connectivity index (χ0n) is 21.3. The summed E-state index contributed by atoms with van der Waals surface area (Å²) in [6.45, 7) is 8.96. The van der Waals surface area contributed by atoms with Gasteiger partial charge in [0.05, 0.1) is 35.1 Å². The molecule has 0 aromatic rings. The van der Waals surface area contributed by atoms with Crippen molar-refractivity contribution in [2.45, 2.75) is 121 Å². The van der Waals surface area contributed by atoms with E-state index < -0.39 is 45.9 Å². The summed E-state index contributed by atoms with van der Waals surface area (Å²) in [6, 6.07) is 0. The summed E-state index contributed by atoms with van der Waals surface area (Å²) in [5.41, 5.74) is -4.27. The number of ketones is 1. The highest BCUT2D eigenvalue weighted by molar-refractivity contribution is 5.95. The first-order chi connectivity index (χ1) is 15.5. The van der Waals surface area contributed by atoms with E-state index >= 15 is 0 Å². The van der Waals surface area contributed by atoms with E-state index in [1.54, 1.807) is 26.8 Å². The fraction of sp³-hybridized carbons (Fsp3) is 0.889. The first kappa shape index (κ1) is 26.2. The predicted molar refractivity (Wildman–Crippen MR) is 127 cm³/mol. The van der Waals surface area contributed by atoms with E-state index in [0.29, 0.717) is 44.1 Å². The van der Waals surface area contributed by atoms with Crippen LogP contribution in [0.25, 0.3) is 0 Å². The number of aliphatic hydroxyl groups excluding tert-OH is 3. The Labute approximate surface area is 202 Å². The molecular formula is C27H44O7. The van der Waals surface area contributed by atoms with Gasteiger partial charge in [0.1, 0.15) is 0 Å². The summed E-state index contributed by atoms with van der Waals surface area (Å²) >= 11 is 0. The first-order valence-corrected chi connectivity index (χ1v) is 12.9. The van der Waals surface area contributed by atoms with Gasteiger partial charge in [0, 0.05) is 11.3 Å². The zero-order chi connectivity index (χ0) is 25.5. The topological polar surface area (TPSA) is 138 Å². The van der Waals surface area contributed by atoms with E-state index in [1.807, 2.05) is 13.8 Å². The third-order valence-corrected chi connectivity index (χ3v) is 10.5. The van der Waals surface area contributed by atoms with Crippen molar-refractivity contribution >= 4 is 5.78 Å². The quantitative estimate of drug-likeness (QED) is 0.353. The van der Waals surface area contributed by atoms with Gasteiger partial charge >= 0.3 is 0 Å². The summed E-state index contributed by atoms with van der Waals surface area (Å²) in [5, 5.41) is 65.5. The maximum Gasteiger partial charge on any atom is 0.159 e. The molecule has 3 fully saturated rings. The second-order valence-electron chi connectivity index (χ2n) is 13.2. The van der Waals surface area contributed by atoms with Gasteiger partial charge < -0.3 is 30.6 Å². The molecule has 3 saturated carbocycles. The Morgan fingerprint density at radius 1 is 1.06 bits per heavy atom. The van der Waals surface area contributed by atoms with Gasteiger partial charge in [0.2, 0.25) is 0 Å². The fourth-order valence-corrected chi connectivity index (χ4v) is 8.32. The molecule has 4 rings (SSSR count). The van der Waals surface area contributed by atoms with E-state index in [2.05, 4.69) is 0 Å². The molecule has 0 aromatic carbocycles. The highest BCUT2D eigenvalue weighted by Gasteiger charge is 2.69. The second kappa shape index (κ2) is 8.09. The number of aliphatic hydroxyl groups is 6. The smallest absolute Gasteiger partial charge is 0.159 e. The number of carbonyl (C=O) groups is 1. The second-order valence-corrected chi connectivity index (χ2v) is 13.2. The molecule has 0 aromatic heterocycles. The van der Waals surface area contributed by atoms with Crippen molar-refractivity contribution in [1.82, 2.24) is 0 Å². The van der Waals surface area contributed by atoms with Crippen LogP contribution < -0.4 is 0 Å². The van der Waals surface area contributed by atoms with Crippen molar-refractivity contribution in [3.63, 3.8) is 0 Å². The molecule has 6 N–H and O–H groups in total. The Morgan fingerprint density at radius 3 is 2.32 bits per heavy atom. The number of fused-ring (bicyclic) bond motifs is 5. The number of hydrogen-bond acceptors (Lipinski definition) is 7. The minimum atomic E-state index is -1.46. The molecule has 4 aliphatic rings. The first-order valence-electron chi connectivity index (χ1n) is 12.9. The van der Waals surface area contributed by atoms with Crippen molar-refractivity contribution in [3.05, 3.63) is 11.6 Å². The lowest BCUT2D eigenvalue weighted by molar-refractivity contribution is -0.177. The molecule has 0 saturated heterocycles. The molecule has 0 amide bonds. The molecule has 0 radical (unpaired) electrons. The lowest BCUT2D eigenvalue weighted by Crippen LogP contribution is -2.62. The molecule has 194 valence electrons. The van der Waals surface area contributed by atoms with E-state index in [-0.39, 0.29) is 36.4 Å². The molecule has 0 spiro atoms. The minimum absolute atomic E-state index is 0.0840. The predicted octanol–water partition coefficient (Wildman–Crippen LogP) is 1.85. The van der Waals surface area contributed by atoms with Gasteiger partial charge in [-0.1, -0.05) is 13.8 Å². The zero-order valence-corrected chi connectivity index (χ0v) is 21.3. The largest absolute Gasteiger partial charge is 0.390 e. The van der Waals surface area contributed by atoms with Crippen LogP contribution in [0, 0.1) is 28.6 Å². The van der Waals surface area contributed by atoms with Gasteiger partial charge in [0.15, 0.2) is 5.78 Å². The van der Waals surface area contributed by atoms with Crippen LogP contribution in [-0.4, -0.2) is 71.5 Å². The Kier molecular flexibility index (Phi) is 6.24. The molecule has 0 heterocycles. The van der Waals surface area contributed by atoms with Gasteiger partial charge in [0.25, 0.3) is 0 Å². The van der Waals surface area contributed by atoms with Crippen LogP contribution in [-0.2, 0) is 4.79 Å². The van der Waals surface area contributed by atoms with Gasteiger partial charge in [-0.15, -0.1) is 0 Å². The molecule has 0 aliphatic heterocycles. The lowest BCUT2D eigenvalue weighted by Gasteiger charge is -2.60. The Bertz CT molecular complexity index is 860. The van der Waals surface area contributed by atoms with E-state index in [1.165, 1.54) is 0 Å². The van der Waals surface area contributed by atoms with Crippen LogP contribution in [0.4, 0.5) is 0 Å². The lowest BCUT2D eigenvalue weighted by atomic mass is 9.45. The third kappa shape index (κ3) is 3.73. The van der Waals surface area contributed by atoms with Crippen LogP contribution in [0.2, 0.25) is 0 Å². The van der Waals surface area contributed by atoms with Crippen LogP contribution in [0.3, 0.4) is 0 Å². The van der Waals surface area contributed by atoms with Crippen LogP contribution in [0.1, 0.15) is 86.0 Å². The summed E-state index contributed by atoms with van der Waals surface area (Å²) in [4.78, 5) is 13.2. The van der Waals surface area contributed by atoms with Gasteiger partial charge in [-0.2, -0.15) is 0 Å². The third-order valence-electron chi connectivity index (χ3n) is 10.5. The van der Waals surface area contributed by atoms with Crippen molar-refractivity contribution in [2.24, 2.45) is 28.6 Å². The van der Waals surface area contributed by atoms with Crippen molar-refractivity contribution < 1.29 is 35.4 Å². The maximum absolute atomic E-state index is 13.2. The standard InChI is InChI=1S/C27H44O7/c1-23(2,32)9-8-22(31)26(5,33)21-7-11-27(34)16-12-18(28)17-13-19(29)20(30)14-24(17,3)15(16)6-10-25(21,27)4/h12,15,17,19-22,29-34H,6-11,13-14H2,1-5H3/t15-,17-,19+,20-,21-,22+,24+,25+,26+,27+/m1/s1. The van der Waals surface area contributed by atoms with Crippen molar-refractivity contribution in [1.29, 1.82) is 0 Å². The Balaban J connectivity index is 1.66. The number of hydrogen-bond donors (Lipinski definition) is 6. The van der Waals surface area contributed by atoms with Crippen LogP contribution in [0.5, 0.6) is 0 Å². The fourth-order valence-electron chi connectivity index (χ4n) is 8.32. The molecule has 4 aliphatic carbocycles. The summed E-state index contributed by atoms with van der Waals surface area (Å²) in [6.07, 6.45) is 2.11. The van der Waals surface area contributed by atoms with Crippen molar-refractivity contribution in [2.75, 3.05) is 0 Å². The number of carbonyl (C=O) groups excluding carboxylic acids is 1. The summed E-state index contributed by atoms with van der Waals surface area (Å²) in [5.74, 6) is -0.948. The van der Waals surface area contributed by atoms with E-state index in [0.717, 1.165) is 0 Å². The highest BCUT2D eigenvalue weighted by Crippen LogP contribution is 2.68. The van der Waals surface area contributed by atoms with Gasteiger partial charge in [-0.05, 0) is 101 Å². The average molecular weight is 481 g/mol. The summed E-state index contributed by atoms with van der Waals surface area (Å²) < 4.78 is 0. The molecular weight excluding hydrogens is 436 g/mol. The maximum atomic E-state index is 13.2. The van der Waals surface area contributed by atoms with Gasteiger partial charge in [-0.3, -0.25) is 4.79 Å². The van der Waals surface area contributed by atoms with Crippen LogP contribution in [0.15, 0.2) is 11.6 Å². The SMILES string of the molecule is CC(C)(O)CC[C@H](O)[C@@](C)(O)[C@@H]1CC[C@]2(O)C3=CC(=O)[C@H]4C[C@H](O)[C@H](O)C[C@@]4(C)[C@@H]3CC[C@@]12C. The Morgan fingerprint density at radius 2 is 1.71 bits per heavy atom. The molecule has 7 heteroatoms. The summed E-state index contributed by atoms with van der Waals surface area (Å²) in [7, 11) is 0. The Hall–Kier alpha value is -0.830. The van der Waals surface area contributed by atoms with Gasteiger partial charge in [-0.25, -0.2) is 0 Å². The molecule has 0 unspecified atom stereocenters. The monoisotopic (exact) mass is 480 g/mol. The minimum Gasteiger partial charge on any atom is -0.390 e. The molecule has 34 heavy (non-hydrogen) atoms. The average Bonchev–Trinajstić information content (AvgIpc) is 3.00. The number of rotatable bonds is 5. The highest BCUT2D eigenvalue weighted by atomic mass is 16.3. The van der Waals surface area contributed by atoms with E-state index in [9.17, 15) is 35.4 Å². The van der Waals surface area contributed by atoms with E-state index in [4.69, 9.17) is 0 Å².